The average molecular weight is 350 g/mol. The first-order chi connectivity index (χ1) is 11.6. The van der Waals surface area contributed by atoms with E-state index in [-0.39, 0.29) is 11.7 Å². The smallest absolute Gasteiger partial charge is 0.261 e. The van der Waals surface area contributed by atoms with E-state index in [0.717, 1.165) is 12.8 Å². The Balaban J connectivity index is 1.77. The Morgan fingerprint density at radius 3 is 2.58 bits per heavy atom. The SMILES string of the molecule is CCC(Oc1ccccc1F)C(=O)NCCCc1ccc(Cl)cc1. The third kappa shape index (κ3) is 5.53. The van der Waals surface area contributed by atoms with Gasteiger partial charge in [0.05, 0.1) is 0 Å². The van der Waals surface area contributed by atoms with Gasteiger partial charge in [-0.1, -0.05) is 42.8 Å². The molecule has 1 N–H and O–H groups in total. The molecule has 0 heterocycles. The number of rotatable bonds is 8. The van der Waals surface area contributed by atoms with Crippen LogP contribution in [0, 0.1) is 5.82 Å². The molecule has 0 fully saturated rings. The van der Waals surface area contributed by atoms with Crippen molar-refractivity contribution in [1.29, 1.82) is 0 Å². The highest BCUT2D eigenvalue weighted by atomic mass is 35.5. The predicted octanol–water partition coefficient (Wildman–Crippen LogP) is 4.39. The summed E-state index contributed by atoms with van der Waals surface area (Å²) in [4.78, 5) is 12.2. The first kappa shape index (κ1) is 18.3. The minimum absolute atomic E-state index is 0.0978. The van der Waals surface area contributed by atoms with E-state index >= 15 is 0 Å². The summed E-state index contributed by atoms with van der Waals surface area (Å²) in [6, 6.07) is 13.7. The third-order valence-corrected chi connectivity index (χ3v) is 3.88. The Morgan fingerprint density at radius 1 is 1.21 bits per heavy atom. The van der Waals surface area contributed by atoms with Crippen molar-refractivity contribution in [3.05, 3.63) is 64.9 Å². The van der Waals surface area contributed by atoms with Gasteiger partial charge in [0.1, 0.15) is 0 Å². The second-order valence-electron chi connectivity index (χ2n) is 5.47. The van der Waals surface area contributed by atoms with Gasteiger partial charge in [0.2, 0.25) is 0 Å². The van der Waals surface area contributed by atoms with Crippen LogP contribution >= 0.6 is 11.6 Å². The number of aryl methyl sites for hydroxylation is 1. The van der Waals surface area contributed by atoms with Crippen LogP contribution in [0.4, 0.5) is 4.39 Å². The van der Waals surface area contributed by atoms with Crippen LogP contribution in [0.3, 0.4) is 0 Å². The predicted molar refractivity (Wildman–Crippen MR) is 93.9 cm³/mol. The Kier molecular flexibility index (Phi) is 7.07. The minimum atomic E-state index is -0.697. The van der Waals surface area contributed by atoms with Crippen molar-refractivity contribution in [2.24, 2.45) is 0 Å². The van der Waals surface area contributed by atoms with Crippen LogP contribution in [0.5, 0.6) is 5.75 Å². The highest BCUT2D eigenvalue weighted by Crippen LogP contribution is 2.18. The van der Waals surface area contributed by atoms with E-state index in [1.165, 1.54) is 17.7 Å². The summed E-state index contributed by atoms with van der Waals surface area (Å²) in [5.74, 6) is -0.594. The highest BCUT2D eigenvalue weighted by molar-refractivity contribution is 6.30. The fraction of sp³-hybridized carbons (Fsp3) is 0.316. The second kappa shape index (κ2) is 9.28. The van der Waals surface area contributed by atoms with Gasteiger partial charge in [-0.05, 0) is 49.1 Å². The molecule has 1 atom stereocenters. The zero-order chi connectivity index (χ0) is 17.4. The number of para-hydroxylation sites is 1. The number of carbonyl (C=O) groups is 1. The second-order valence-corrected chi connectivity index (χ2v) is 5.90. The van der Waals surface area contributed by atoms with E-state index < -0.39 is 11.9 Å². The van der Waals surface area contributed by atoms with Crippen molar-refractivity contribution in [1.82, 2.24) is 5.32 Å². The molecule has 0 bridgehead atoms. The molecule has 0 spiro atoms. The van der Waals surface area contributed by atoms with Crippen molar-refractivity contribution in [3.63, 3.8) is 0 Å². The Hall–Kier alpha value is -2.07. The minimum Gasteiger partial charge on any atom is -0.478 e. The lowest BCUT2D eigenvalue weighted by Crippen LogP contribution is -2.38. The van der Waals surface area contributed by atoms with Gasteiger partial charge in [0, 0.05) is 11.6 Å². The van der Waals surface area contributed by atoms with Gasteiger partial charge in [-0.15, -0.1) is 0 Å². The lowest BCUT2D eigenvalue weighted by molar-refractivity contribution is -0.128. The Bertz CT molecular complexity index is 661. The number of carbonyl (C=O) groups excluding carboxylic acids is 1. The molecule has 3 nitrogen and oxygen atoms in total. The summed E-state index contributed by atoms with van der Waals surface area (Å²) < 4.78 is 19.1. The van der Waals surface area contributed by atoms with Gasteiger partial charge in [-0.25, -0.2) is 4.39 Å². The zero-order valence-corrected chi connectivity index (χ0v) is 14.4. The average Bonchev–Trinajstić information content (AvgIpc) is 2.59. The number of hydrogen-bond donors (Lipinski definition) is 1. The first-order valence-electron chi connectivity index (χ1n) is 8.03. The molecule has 2 aromatic carbocycles. The third-order valence-electron chi connectivity index (χ3n) is 3.62. The molecule has 0 saturated heterocycles. The maximum Gasteiger partial charge on any atom is 0.261 e. The molecule has 2 aromatic rings. The van der Waals surface area contributed by atoms with Crippen LogP contribution in [0.1, 0.15) is 25.3 Å². The summed E-state index contributed by atoms with van der Waals surface area (Å²) in [6.07, 6.45) is 1.43. The van der Waals surface area contributed by atoms with Crippen molar-refractivity contribution in [2.45, 2.75) is 32.3 Å². The van der Waals surface area contributed by atoms with E-state index in [2.05, 4.69) is 5.32 Å². The van der Waals surface area contributed by atoms with Gasteiger partial charge in [-0.3, -0.25) is 4.79 Å². The van der Waals surface area contributed by atoms with E-state index in [1.54, 1.807) is 12.1 Å². The lowest BCUT2D eigenvalue weighted by Gasteiger charge is -2.17. The van der Waals surface area contributed by atoms with E-state index in [1.807, 2.05) is 31.2 Å². The Morgan fingerprint density at radius 2 is 1.92 bits per heavy atom. The van der Waals surface area contributed by atoms with Gasteiger partial charge >= 0.3 is 0 Å². The van der Waals surface area contributed by atoms with E-state index in [0.29, 0.717) is 18.0 Å². The standard InChI is InChI=1S/C19H21ClFNO2/c1-2-17(24-18-8-4-3-7-16(18)21)19(23)22-13-5-6-14-9-11-15(20)12-10-14/h3-4,7-12,17H,2,5-6,13H2,1H3,(H,22,23). The van der Waals surface area contributed by atoms with Gasteiger partial charge < -0.3 is 10.1 Å². The summed E-state index contributed by atoms with van der Waals surface area (Å²) in [6.45, 7) is 2.37. The monoisotopic (exact) mass is 349 g/mol. The van der Waals surface area contributed by atoms with Crippen LogP contribution in [0.25, 0.3) is 0 Å². The number of ether oxygens (including phenoxy) is 1. The molecule has 24 heavy (non-hydrogen) atoms. The number of nitrogens with one attached hydrogen (secondary N) is 1. The molecular weight excluding hydrogens is 329 g/mol. The number of benzene rings is 2. The molecule has 0 radical (unpaired) electrons. The summed E-state index contributed by atoms with van der Waals surface area (Å²) in [7, 11) is 0. The van der Waals surface area contributed by atoms with Crippen LogP contribution in [0.2, 0.25) is 5.02 Å². The van der Waals surface area contributed by atoms with Gasteiger partial charge in [-0.2, -0.15) is 0 Å². The van der Waals surface area contributed by atoms with Crippen LogP contribution in [-0.2, 0) is 11.2 Å². The van der Waals surface area contributed by atoms with E-state index in [4.69, 9.17) is 16.3 Å². The molecule has 0 aliphatic heterocycles. The fourth-order valence-corrected chi connectivity index (χ4v) is 2.41. The molecular formula is C19H21ClFNO2. The largest absolute Gasteiger partial charge is 0.478 e. The maximum atomic E-state index is 13.6. The molecule has 0 aromatic heterocycles. The number of amides is 1. The molecule has 1 amide bonds. The molecule has 128 valence electrons. The van der Waals surface area contributed by atoms with Crippen LogP contribution in [0.15, 0.2) is 48.5 Å². The summed E-state index contributed by atoms with van der Waals surface area (Å²) in [5.41, 5.74) is 1.17. The Labute approximate surface area is 146 Å². The van der Waals surface area contributed by atoms with Crippen molar-refractivity contribution in [2.75, 3.05) is 6.54 Å². The van der Waals surface area contributed by atoms with Gasteiger partial charge in [0.25, 0.3) is 5.91 Å². The van der Waals surface area contributed by atoms with Gasteiger partial charge in [0.15, 0.2) is 17.7 Å². The number of halogens is 2. The quantitative estimate of drug-likeness (QED) is 0.718. The highest BCUT2D eigenvalue weighted by Gasteiger charge is 2.19. The molecule has 0 aliphatic carbocycles. The summed E-state index contributed by atoms with van der Waals surface area (Å²) >= 11 is 5.85. The molecule has 0 saturated carbocycles. The topological polar surface area (TPSA) is 38.3 Å². The van der Waals surface area contributed by atoms with Crippen LogP contribution < -0.4 is 10.1 Å². The normalized spacial score (nSPS) is 11.8. The number of hydrogen-bond acceptors (Lipinski definition) is 2. The first-order valence-corrected chi connectivity index (χ1v) is 8.41. The van der Waals surface area contributed by atoms with E-state index in [9.17, 15) is 9.18 Å². The van der Waals surface area contributed by atoms with Crippen molar-refractivity contribution >= 4 is 17.5 Å². The lowest BCUT2D eigenvalue weighted by atomic mass is 10.1. The van der Waals surface area contributed by atoms with Crippen molar-refractivity contribution in [3.8, 4) is 5.75 Å². The molecule has 0 aliphatic rings. The molecule has 5 heteroatoms. The maximum absolute atomic E-state index is 13.6. The van der Waals surface area contributed by atoms with Crippen LogP contribution in [-0.4, -0.2) is 18.6 Å². The molecule has 1 unspecified atom stereocenters. The van der Waals surface area contributed by atoms with Crippen molar-refractivity contribution < 1.29 is 13.9 Å². The zero-order valence-electron chi connectivity index (χ0n) is 13.6. The summed E-state index contributed by atoms with van der Waals surface area (Å²) in [5, 5.41) is 3.55. The fourth-order valence-electron chi connectivity index (χ4n) is 2.28. The molecule has 2 rings (SSSR count).